The van der Waals surface area contributed by atoms with Crippen molar-refractivity contribution in [2.45, 2.75) is 6.42 Å². The van der Waals surface area contributed by atoms with Crippen LogP contribution < -0.4 is 9.47 Å². The van der Waals surface area contributed by atoms with Crippen LogP contribution in [0.4, 0.5) is 11.4 Å². The molecule has 5 aromatic rings. The van der Waals surface area contributed by atoms with Gasteiger partial charge in [0.1, 0.15) is 16.5 Å². The molecular weight excluding hydrogens is 486 g/mol. The zero-order valence-corrected chi connectivity index (χ0v) is 20.6. The molecule has 4 aromatic carbocycles. The minimum Gasteiger partial charge on any atom is -0.493 e. The fraction of sp³-hybridized carbons (Fsp3) is 0.103. The molecule has 0 aliphatic rings. The monoisotopic (exact) mass is 509 g/mol. The molecule has 0 bridgehead atoms. The van der Waals surface area contributed by atoms with Crippen LogP contribution in [0.5, 0.6) is 11.5 Å². The first-order valence-electron chi connectivity index (χ1n) is 11.7. The number of non-ortho nitro benzene ring substituents is 1. The third kappa shape index (κ3) is 6.36. The lowest BCUT2D eigenvalue weighted by molar-refractivity contribution is -0.384. The number of hydrogen-bond donors (Lipinski definition) is 0. The van der Waals surface area contributed by atoms with Gasteiger partial charge >= 0.3 is 0 Å². The highest BCUT2D eigenvalue weighted by atomic mass is 32.1. The number of benzene rings is 4. The summed E-state index contributed by atoms with van der Waals surface area (Å²) in [5.74, 6) is 1.58. The van der Waals surface area contributed by atoms with Crippen molar-refractivity contribution in [3.05, 3.63) is 113 Å². The average Bonchev–Trinajstić information content (AvgIpc) is 3.37. The van der Waals surface area contributed by atoms with E-state index in [0.29, 0.717) is 13.2 Å². The van der Waals surface area contributed by atoms with Crippen LogP contribution in [0, 0.1) is 10.1 Å². The minimum atomic E-state index is -0.422. The van der Waals surface area contributed by atoms with Crippen LogP contribution in [0.2, 0.25) is 0 Å². The molecule has 0 aliphatic heterocycles. The van der Waals surface area contributed by atoms with Crippen LogP contribution in [0.3, 0.4) is 0 Å². The Labute approximate surface area is 217 Å². The fourth-order valence-electron chi connectivity index (χ4n) is 3.59. The molecule has 0 aliphatic carbocycles. The number of thiazole rings is 1. The second kappa shape index (κ2) is 11.5. The zero-order chi connectivity index (χ0) is 25.5. The predicted molar refractivity (Wildman–Crippen MR) is 147 cm³/mol. The summed E-state index contributed by atoms with van der Waals surface area (Å²) in [6, 6.07) is 29.9. The Balaban J connectivity index is 1.04. The molecule has 0 saturated carbocycles. The van der Waals surface area contributed by atoms with E-state index in [1.807, 2.05) is 66.7 Å². The number of nitro benzene ring substituents is 1. The molecule has 0 radical (unpaired) electrons. The number of aromatic nitrogens is 1. The maximum absolute atomic E-state index is 10.7. The van der Waals surface area contributed by atoms with E-state index in [9.17, 15) is 10.1 Å². The molecule has 0 atom stereocenters. The fourth-order valence-corrected chi connectivity index (χ4v) is 4.56. The van der Waals surface area contributed by atoms with Crippen LogP contribution in [-0.2, 0) is 0 Å². The first-order valence-corrected chi connectivity index (χ1v) is 12.6. The normalized spacial score (nSPS) is 11.1. The van der Waals surface area contributed by atoms with Gasteiger partial charge in [-0.15, -0.1) is 11.3 Å². The molecule has 0 amide bonds. The Morgan fingerprint density at radius 3 is 2.14 bits per heavy atom. The van der Waals surface area contributed by atoms with Gasteiger partial charge < -0.3 is 9.47 Å². The molecule has 8 heteroatoms. The molecule has 0 unspecified atom stereocenters. The van der Waals surface area contributed by atoms with Crippen LogP contribution in [0.1, 0.15) is 12.0 Å². The van der Waals surface area contributed by atoms with Crippen molar-refractivity contribution in [1.29, 1.82) is 0 Å². The van der Waals surface area contributed by atoms with Gasteiger partial charge in [0, 0.05) is 30.3 Å². The number of para-hydroxylation sites is 1. The first kappa shape index (κ1) is 24.1. The number of fused-ring (bicyclic) bond motifs is 1. The topological polar surface area (TPSA) is 86.9 Å². The first-order chi connectivity index (χ1) is 18.1. The molecule has 0 fully saturated rings. The van der Waals surface area contributed by atoms with Gasteiger partial charge in [-0.25, -0.2) is 4.98 Å². The number of aliphatic imine (C=N–C) groups is 1. The highest BCUT2D eigenvalue weighted by molar-refractivity contribution is 7.21. The van der Waals surface area contributed by atoms with Crippen LogP contribution in [0.25, 0.3) is 20.8 Å². The SMILES string of the molecule is O=[N+]([O-])c1ccc(C=Nc2ccc(OCCCOc3ccc(-c4nc5ccccc5s4)cc3)cc2)cc1. The van der Waals surface area contributed by atoms with E-state index in [0.717, 1.165) is 45.3 Å². The summed E-state index contributed by atoms with van der Waals surface area (Å²) in [5.41, 5.74) is 3.72. The highest BCUT2D eigenvalue weighted by Crippen LogP contribution is 2.31. The van der Waals surface area contributed by atoms with E-state index in [4.69, 9.17) is 14.5 Å². The largest absolute Gasteiger partial charge is 0.493 e. The van der Waals surface area contributed by atoms with Gasteiger partial charge in [-0.05, 0) is 78.4 Å². The third-order valence-corrected chi connectivity index (χ3v) is 6.61. The minimum absolute atomic E-state index is 0.0579. The average molecular weight is 510 g/mol. The van der Waals surface area contributed by atoms with Gasteiger partial charge in [0.15, 0.2) is 0 Å². The van der Waals surface area contributed by atoms with Crippen molar-refractivity contribution < 1.29 is 14.4 Å². The lowest BCUT2D eigenvalue weighted by Crippen LogP contribution is -2.04. The quantitative estimate of drug-likeness (QED) is 0.0843. The van der Waals surface area contributed by atoms with E-state index in [-0.39, 0.29) is 5.69 Å². The van der Waals surface area contributed by atoms with Crippen molar-refractivity contribution in [1.82, 2.24) is 4.98 Å². The smallest absolute Gasteiger partial charge is 0.269 e. The number of hydrogen-bond acceptors (Lipinski definition) is 7. The van der Waals surface area contributed by atoms with Crippen molar-refractivity contribution in [3.63, 3.8) is 0 Å². The maximum Gasteiger partial charge on any atom is 0.269 e. The van der Waals surface area contributed by atoms with E-state index in [1.54, 1.807) is 29.7 Å². The second-order valence-electron chi connectivity index (χ2n) is 8.16. The molecule has 0 saturated heterocycles. The molecule has 1 heterocycles. The Hall–Kier alpha value is -4.56. The second-order valence-corrected chi connectivity index (χ2v) is 9.19. The van der Waals surface area contributed by atoms with Crippen LogP contribution in [0.15, 0.2) is 102 Å². The summed E-state index contributed by atoms with van der Waals surface area (Å²) in [4.78, 5) is 19.4. The summed E-state index contributed by atoms with van der Waals surface area (Å²) >= 11 is 1.69. The Morgan fingerprint density at radius 1 is 0.838 bits per heavy atom. The van der Waals surface area contributed by atoms with Crippen molar-refractivity contribution in [2.24, 2.45) is 4.99 Å². The van der Waals surface area contributed by atoms with Gasteiger partial charge in [-0.3, -0.25) is 15.1 Å². The number of nitrogens with zero attached hydrogens (tertiary/aromatic N) is 3. The summed E-state index contributed by atoms with van der Waals surface area (Å²) in [6.45, 7) is 1.09. The van der Waals surface area contributed by atoms with Gasteiger partial charge in [-0.1, -0.05) is 12.1 Å². The molecule has 5 rings (SSSR count). The maximum atomic E-state index is 10.7. The number of nitro groups is 1. The van der Waals surface area contributed by atoms with Crippen molar-refractivity contribution in [3.8, 4) is 22.1 Å². The number of ether oxygens (including phenoxy) is 2. The van der Waals surface area contributed by atoms with Gasteiger partial charge in [0.2, 0.25) is 0 Å². The van der Waals surface area contributed by atoms with Crippen molar-refractivity contribution >= 4 is 39.1 Å². The van der Waals surface area contributed by atoms with Gasteiger partial charge in [-0.2, -0.15) is 0 Å². The van der Waals surface area contributed by atoms with Gasteiger partial charge in [0.05, 0.1) is 34.0 Å². The molecule has 0 spiro atoms. The van der Waals surface area contributed by atoms with E-state index < -0.39 is 4.92 Å². The lowest BCUT2D eigenvalue weighted by Gasteiger charge is -2.08. The zero-order valence-electron chi connectivity index (χ0n) is 19.8. The standard InChI is InChI=1S/C29H23N3O4S/c33-32(34)24-12-6-21(7-13-24)20-30-23-10-16-26(17-11-23)36-19-3-18-35-25-14-8-22(9-15-25)29-31-27-4-1-2-5-28(27)37-29/h1-2,4-17,20H,3,18-19H2. The molecule has 37 heavy (non-hydrogen) atoms. The third-order valence-electron chi connectivity index (χ3n) is 5.52. The Bertz CT molecular complexity index is 1480. The Kier molecular flexibility index (Phi) is 7.47. The summed E-state index contributed by atoms with van der Waals surface area (Å²) < 4.78 is 12.8. The Morgan fingerprint density at radius 2 is 1.49 bits per heavy atom. The molecule has 0 N–H and O–H groups in total. The van der Waals surface area contributed by atoms with Crippen LogP contribution in [-0.4, -0.2) is 29.3 Å². The molecular formula is C29H23N3O4S. The van der Waals surface area contributed by atoms with Crippen LogP contribution >= 0.6 is 11.3 Å². The molecule has 184 valence electrons. The van der Waals surface area contributed by atoms with E-state index >= 15 is 0 Å². The van der Waals surface area contributed by atoms with Crippen molar-refractivity contribution in [2.75, 3.05) is 13.2 Å². The molecule has 1 aromatic heterocycles. The summed E-state index contributed by atoms with van der Waals surface area (Å²) in [5, 5.41) is 11.7. The predicted octanol–water partition coefficient (Wildman–Crippen LogP) is 7.47. The summed E-state index contributed by atoms with van der Waals surface area (Å²) in [6.07, 6.45) is 2.42. The van der Waals surface area contributed by atoms with Gasteiger partial charge in [0.25, 0.3) is 5.69 Å². The van der Waals surface area contributed by atoms with E-state index in [2.05, 4.69) is 11.1 Å². The van der Waals surface area contributed by atoms with E-state index in [1.165, 1.54) is 16.8 Å². The summed E-state index contributed by atoms with van der Waals surface area (Å²) in [7, 11) is 0. The lowest BCUT2D eigenvalue weighted by atomic mass is 10.2. The number of rotatable bonds is 10. The highest BCUT2D eigenvalue weighted by Gasteiger charge is 2.06. The molecule has 7 nitrogen and oxygen atoms in total.